The van der Waals surface area contributed by atoms with Crippen LogP contribution in [0.15, 0.2) is 41.3 Å². The van der Waals surface area contributed by atoms with Gasteiger partial charge in [0.15, 0.2) is 11.5 Å². The molecule has 0 unspecified atom stereocenters. The van der Waals surface area contributed by atoms with Crippen molar-refractivity contribution in [2.24, 2.45) is 0 Å². The van der Waals surface area contributed by atoms with E-state index in [1.165, 1.54) is 17.0 Å². The number of sulfonamides is 1. The van der Waals surface area contributed by atoms with Crippen LogP contribution in [0.3, 0.4) is 0 Å². The van der Waals surface area contributed by atoms with Crippen LogP contribution in [-0.2, 0) is 14.8 Å². The minimum absolute atomic E-state index is 0.0836. The minimum Gasteiger partial charge on any atom is -0.454 e. The molecule has 0 bridgehead atoms. The monoisotopic (exact) mass is 423 g/mol. The molecule has 0 aromatic heterocycles. The number of nitrogens with one attached hydrogen (secondary N) is 2. The predicted molar refractivity (Wildman–Crippen MR) is 103 cm³/mol. The fraction of sp³-hybridized carbons (Fsp3) is 0.400. The van der Waals surface area contributed by atoms with Crippen molar-refractivity contribution in [2.45, 2.75) is 17.9 Å². The van der Waals surface area contributed by atoms with Gasteiger partial charge in [-0.3, -0.25) is 0 Å². The van der Waals surface area contributed by atoms with Crippen LogP contribution in [0.1, 0.15) is 17.2 Å². The van der Waals surface area contributed by atoms with Crippen LogP contribution in [0.4, 0.5) is 4.39 Å². The molecule has 0 saturated carbocycles. The Labute approximate surface area is 169 Å². The third kappa shape index (κ3) is 4.37. The zero-order valence-electron chi connectivity index (χ0n) is 16.1. The first-order valence-electron chi connectivity index (χ1n) is 9.52. The van der Waals surface area contributed by atoms with E-state index in [0.717, 1.165) is 24.7 Å². The molecule has 1 fully saturated rings. The van der Waals surface area contributed by atoms with Crippen LogP contribution in [-0.4, -0.2) is 48.1 Å². The van der Waals surface area contributed by atoms with Crippen LogP contribution in [0.5, 0.6) is 11.5 Å². The van der Waals surface area contributed by atoms with Crippen molar-refractivity contribution in [3.05, 3.63) is 53.3 Å². The third-order valence-electron chi connectivity index (χ3n) is 5.33. The molecule has 9 heteroatoms. The fourth-order valence-electron chi connectivity index (χ4n) is 3.79. The second-order valence-electron chi connectivity index (χ2n) is 7.20. The average Bonchev–Trinajstić information content (AvgIpc) is 3.16. The molecule has 4 rings (SSSR count). The van der Waals surface area contributed by atoms with Gasteiger partial charge in [0.2, 0.25) is 16.8 Å². The van der Waals surface area contributed by atoms with E-state index in [9.17, 15) is 12.8 Å². The van der Waals surface area contributed by atoms with Gasteiger partial charge in [-0.25, -0.2) is 17.5 Å². The maximum absolute atomic E-state index is 13.4. The quantitative estimate of drug-likeness (QED) is 0.719. The number of hydrogen-bond acceptors (Lipinski definition) is 5. The molecule has 0 aliphatic carbocycles. The van der Waals surface area contributed by atoms with E-state index < -0.39 is 15.8 Å². The highest BCUT2D eigenvalue weighted by molar-refractivity contribution is 7.89. The van der Waals surface area contributed by atoms with Gasteiger partial charge < -0.3 is 19.1 Å². The topological polar surface area (TPSA) is 78.3 Å². The lowest BCUT2D eigenvalue weighted by atomic mass is 10.0. The Bertz CT molecular complexity index is 992. The molecular formula is C20H24FN2O5S+. The molecule has 2 aromatic rings. The number of ether oxygens (including phenoxy) is 3. The first-order chi connectivity index (χ1) is 13.9. The normalized spacial score (nSPS) is 18.0. The molecule has 1 saturated heterocycles. The van der Waals surface area contributed by atoms with Crippen molar-refractivity contribution < 1.29 is 31.9 Å². The Kier molecular flexibility index (Phi) is 5.73. The van der Waals surface area contributed by atoms with Crippen molar-refractivity contribution in [2.75, 3.05) is 39.6 Å². The molecule has 2 aromatic carbocycles. The summed E-state index contributed by atoms with van der Waals surface area (Å²) in [4.78, 5) is 1.31. The first-order valence-corrected chi connectivity index (χ1v) is 11.0. The van der Waals surface area contributed by atoms with E-state index in [-0.39, 0.29) is 24.3 Å². The molecule has 7 nitrogen and oxygen atoms in total. The Morgan fingerprint density at radius 1 is 1.10 bits per heavy atom. The van der Waals surface area contributed by atoms with Crippen LogP contribution in [0.2, 0.25) is 0 Å². The van der Waals surface area contributed by atoms with E-state index in [1.54, 1.807) is 6.92 Å². The molecule has 0 spiro atoms. The molecular weight excluding hydrogens is 399 g/mol. The van der Waals surface area contributed by atoms with E-state index in [4.69, 9.17) is 14.2 Å². The van der Waals surface area contributed by atoms with Gasteiger partial charge in [0.25, 0.3) is 0 Å². The van der Waals surface area contributed by atoms with Crippen LogP contribution in [0, 0.1) is 12.7 Å². The van der Waals surface area contributed by atoms with E-state index >= 15 is 0 Å². The summed E-state index contributed by atoms with van der Waals surface area (Å²) in [7, 11) is -3.78. The summed E-state index contributed by atoms with van der Waals surface area (Å²) >= 11 is 0. The standard InChI is InChI=1S/C20H23FN2O5S/c1-14-10-16(21)3-5-20(14)29(24,25)22-12-17(23-6-8-26-9-7-23)15-2-4-18-19(11-15)28-13-27-18/h2-5,10-11,17,22H,6-9,12-13H2,1H3/p+1/t17-/m1/s1. The first kappa shape index (κ1) is 20.1. The highest BCUT2D eigenvalue weighted by Gasteiger charge is 2.30. The fourth-order valence-corrected chi connectivity index (χ4v) is 5.07. The number of rotatable bonds is 6. The van der Waals surface area contributed by atoms with Crippen molar-refractivity contribution in [3.63, 3.8) is 0 Å². The van der Waals surface area contributed by atoms with Gasteiger partial charge in [0.05, 0.1) is 24.7 Å². The molecule has 2 aliphatic heterocycles. The van der Waals surface area contributed by atoms with Crippen molar-refractivity contribution in [1.82, 2.24) is 4.72 Å². The zero-order chi connectivity index (χ0) is 20.4. The smallest absolute Gasteiger partial charge is 0.241 e. The number of morpholine rings is 1. The number of fused-ring (bicyclic) bond motifs is 1. The number of hydrogen-bond donors (Lipinski definition) is 2. The second kappa shape index (κ2) is 8.27. The lowest BCUT2D eigenvalue weighted by Crippen LogP contribution is -3.15. The lowest BCUT2D eigenvalue weighted by Gasteiger charge is -2.32. The SMILES string of the molecule is Cc1cc(F)ccc1S(=O)(=O)NC[C@H](c1ccc2c(c1)OCO2)[NH+]1CCOCC1. The van der Waals surface area contributed by atoms with Gasteiger partial charge in [-0.15, -0.1) is 0 Å². The summed E-state index contributed by atoms with van der Waals surface area (Å²) < 4.78 is 58.1. The predicted octanol–water partition coefficient (Wildman–Crippen LogP) is 0.798. The Balaban J connectivity index is 1.58. The van der Waals surface area contributed by atoms with Gasteiger partial charge in [-0.05, 0) is 48.9 Å². The van der Waals surface area contributed by atoms with Gasteiger partial charge in [-0.1, -0.05) is 0 Å². The maximum Gasteiger partial charge on any atom is 0.241 e. The molecule has 2 aliphatic rings. The summed E-state index contributed by atoms with van der Waals surface area (Å²) in [6.07, 6.45) is 0. The van der Waals surface area contributed by atoms with E-state index in [2.05, 4.69) is 4.72 Å². The minimum atomic E-state index is -3.78. The van der Waals surface area contributed by atoms with Crippen LogP contribution < -0.4 is 19.1 Å². The Hall–Kier alpha value is -2.20. The largest absolute Gasteiger partial charge is 0.454 e. The molecule has 0 amide bonds. The maximum atomic E-state index is 13.4. The highest BCUT2D eigenvalue weighted by Crippen LogP contribution is 2.33. The van der Waals surface area contributed by atoms with Gasteiger partial charge >= 0.3 is 0 Å². The molecule has 2 N–H and O–H groups in total. The van der Waals surface area contributed by atoms with Crippen LogP contribution in [0.25, 0.3) is 0 Å². The van der Waals surface area contributed by atoms with Crippen LogP contribution >= 0.6 is 0 Å². The summed E-state index contributed by atoms with van der Waals surface area (Å²) in [6, 6.07) is 9.25. The lowest BCUT2D eigenvalue weighted by molar-refractivity contribution is -0.937. The van der Waals surface area contributed by atoms with E-state index in [0.29, 0.717) is 30.3 Å². The molecule has 2 heterocycles. The highest BCUT2D eigenvalue weighted by atomic mass is 32.2. The number of halogens is 1. The van der Waals surface area contributed by atoms with Gasteiger partial charge in [0, 0.05) is 5.56 Å². The Morgan fingerprint density at radius 3 is 2.62 bits per heavy atom. The molecule has 1 atom stereocenters. The van der Waals surface area contributed by atoms with E-state index in [1.807, 2.05) is 18.2 Å². The van der Waals surface area contributed by atoms with Crippen molar-refractivity contribution in [1.29, 1.82) is 0 Å². The van der Waals surface area contributed by atoms with Crippen molar-refractivity contribution in [3.8, 4) is 11.5 Å². The molecule has 29 heavy (non-hydrogen) atoms. The second-order valence-corrected chi connectivity index (χ2v) is 8.93. The number of aryl methyl sites for hydroxylation is 1. The summed E-state index contributed by atoms with van der Waals surface area (Å²) in [6.45, 7) is 4.77. The Morgan fingerprint density at radius 2 is 1.86 bits per heavy atom. The average molecular weight is 423 g/mol. The van der Waals surface area contributed by atoms with Gasteiger partial charge in [0.1, 0.15) is 24.9 Å². The summed E-state index contributed by atoms with van der Waals surface area (Å²) in [5.74, 6) is 0.891. The number of benzene rings is 2. The van der Waals surface area contributed by atoms with Crippen molar-refractivity contribution >= 4 is 10.0 Å². The zero-order valence-corrected chi connectivity index (χ0v) is 16.9. The molecule has 156 valence electrons. The summed E-state index contributed by atoms with van der Waals surface area (Å²) in [5.41, 5.74) is 1.33. The number of quaternary nitrogens is 1. The summed E-state index contributed by atoms with van der Waals surface area (Å²) in [5, 5.41) is 0. The van der Waals surface area contributed by atoms with Gasteiger partial charge in [-0.2, -0.15) is 0 Å². The molecule has 0 radical (unpaired) electrons. The third-order valence-corrected chi connectivity index (χ3v) is 6.91.